The van der Waals surface area contributed by atoms with Crippen molar-refractivity contribution in [1.29, 1.82) is 0 Å². The van der Waals surface area contributed by atoms with Crippen LogP contribution in [0.3, 0.4) is 0 Å². The average molecular weight is 500 g/mol. The Morgan fingerprint density at radius 2 is 1.58 bits per heavy atom. The van der Waals surface area contributed by atoms with Gasteiger partial charge in [0.15, 0.2) is 11.5 Å². The zero-order valence-corrected chi connectivity index (χ0v) is 21.7. The highest BCUT2D eigenvalue weighted by Crippen LogP contribution is 2.32. The first-order valence-electron chi connectivity index (χ1n) is 11.1. The van der Waals surface area contributed by atoms with E-state index in [-0.39, 0.29) is 7.53 Å². The summed E-state index contributed by atoms with van der Waals surface area (Å²) in [5.41, 5.74) is 2.05. The molecule has 4 aromatic rings. The van der Waals surface area contributed by atoms with Crippen LogP contribution in [0.25, 0.3) is 17.2 Å². The maximum atomic E-state index is 5.33. The molecule has 4 aromatic heterocycles. The Kier molecular flexibility index (Phi) is 8.84. The van der Waals surface area contributed by atoms with Gasteiger partial charge in [-0.3, -0.25) is 14.2 Å². The van der Waals surface area contributed by atoms with Crippen LogP contribution in [-0.2, 0) is 11.8 Å². The maximum absolute atomic E-state index is 5.33. The van der Waals surface area contributed by atoms with E-state index in [4.69, 9.17) is 18.9 Å². The fourth-order valence-corrected chi connectivity index (χ4v) is 3.48. The molecule has 0 fully saturated rings. The van der Waals surface area contributed by atoms with E-state index >= 15 is 0 Å². The number of methoxy groups -OCH3 is 4. The number of hydrogen-bond acceptors (Lipinski definition) is 11. The molecule has 4 rings (SSSR count). The van der Waals surface area contributed by atoms with Crippen LogP contribution >= 0.6 is 0 Å². The quantitative estimate of drug-likeness (QED) is 0.354. The molecule has 0 aliphatic heterocycles. The Labute approximate surface area is 211 Å². The first-order chi connectivity index (χ1) is 17.3. The van der Waals surface area contributed by atoms with E-state index < -0.39 is 0 Å². The van der Waals surface area contributed by atoms with Gasteiger partial charge in [0.25, 0.3) is 0 Å². The summed E-state index contributed by atoms with van der Waals surface area (Å²) >= 11 is 0. The monoisotopic (exact) mass is 499 g/mol. The van der Waals surface area contributed by atoms with Crippen molar-refractivity contribution in [1.82, 2.24) is 44.5 Å². The summed E-state index contributed by atoms with van der Waals surface area (Å²) in [4.78, 5) is 16.6. The Balaban J connectivity index is 0.000000280. The third kappa shape index (κ3) is 5.74. The van der Waals surface area contributed by atoms with Gasteiger partial charge in [-0.1, -0.05) is 13.8 Å². The second-order valence-corrected chi connectivity index (χ2v) is 7.91. The van der Waals surface area contributed by atoms with Crippen molar-refractivity contribution in [2.75, 3.05) is 28.4 Å². The molecule has 0 saturated heterocycles. The highest BCUT2D eigenvalue weighted by atomic mass is 16.5. The number of ether oxygens (including phenoxy) is 4. The molecule has 0 amide bonds. The van der Waals surface area contributed by atoms with Crippen molar-refractivity contribution in [2.24, 2.45) is 13.0 Å². The predicted molar refractivity (Wildman–Crippen MR) is 132 cm³/mol. The number of nitrogens with zero attached hydrogens (tertiary/aromatic N) is 9. The number of aromatic nitrogens is 9. The first kappa shape index (κ1) is 26.5. The van der Waals surface area contributed by atoms with E-state index in [0.717, 1.165) is 5.69 Å². The zero-order chi connectivity index (χ0) is 26.2. The molecular weight excluding hydrogens is 466 g/mol. The summed E-state index contributed by atoms with van der Waals surface area (Å²) in [7, 11) is 8.15. The minimum Gasteiger partial charge on any atom is -0.480 e. The van der Waals surface area contributed by atoms with Crippen molar-refractivity contribution < 1.29 is 20.4 Å². The molecule has 1 atom stereocenters. The van der Waals surface area contributed by atoms with E-state index in [9.17, 15) is 0 Å². The lowest BCUT2D eigenvalue weighted by atomic mass is 10.0. The SMILES string of the molecule is COc1cnc([C@@H](OC)C(C)C)cn1.COc1ncnc(OC)c1-n1c(C)nnc1-c1ccn(C)n1.[HH]. The second kappa shape index (κ2) is 12.0. The van der Waals surface area contributed by atoms with Gasteiger partial charge in [0.05, 0.1) is 39.4 Å². The summed E-state index contributed by atoms with van der Waals surface area (Å²) in [6.07, 6.45) is 6.49. The lowest BCUT2D eigenvalue weighted by Gasteiger charge is -2.17. The largest absolute Gasteiger partial charge is 0.480 e. The molecule has 13 nitrogen and oxygen atoms in total. The Morgan fingerprint density at radius 3 is 2.06 bits per heavy atom. The van der Waals surface area contributed by atoms with Crippen LogP contribution in [0, 0.1) is 12.8 Å². The third-order valence-corrected chi connectivity index (χ3v) is 5.14. The lowest BCUT2D eigenvalue weighted by molar-refractivity contribution is 0.0607. The second-order valence-electron chi connectivity index (χ2n) is 7.91. The van der Waals surface area contributed by atoms with Gasteiger partial charge < -0.3 is 18.9 Å². The van der Waals surface area contributed by atoms with E-state index in [1.807, 2.05) is 26.2 Å². The highest BCUT2D eigenvalue weighted by molar-refractivity contribution is 5.59. The molecule has 0 unspecified atom stereocenters. The van der Waals surface area contributed by atoms with Crippen LogP contribution < -0.4 is 14.2 Å². The van der Waals surface area contributed by atoms with Gasteiger partial charge in [-0.2, -0.15) is 15.1 Å². The van der Waals surface area contributed by atoms with Gasteiger partial charge >= 0.3 is 0 Å². The maximum Gasteiger partial charge on any atom is 0.245 e. The molecule has 13 heteroatoms. The van der Waals surface area contributed by atoms with Gasteiger partial charge in [0.1, 0.15) is 23.9 Å². The van der Waals surface area contributed by atoms with Crippen LogP contribution in [0.15, 0.2) is 31.0 Å². The summed E-state index contributed by atoms with van der Waals surface area (Å²) in [6.45, 7) is 5.99. The van der Waals surface area contributed by atoms with Gasteiger partial charge in [0.2, 0.25) is 17.6 Å². The molecule has 36 heavy (non-hydrogen) atoms. The van der Waals surface area contributed by atoms with Crippen LogP contribution in [0.4, 0.5) is 0 Å². The third-order valence-electron chi connectivity index (χ3n) is 5.14. The molecule has 4 heterocycles. The smallest absolute Gasteiger partial charge is 0.245 e. The fraction of sp³-hybridized carbons (Fsp3) is 0.435. The minimum atomic E-state index is -0.00611. The molecule has 0 bridgehead atoms. The van der Waals surface area contributed by atoms with Crippen LogP contribution in [0.5, 0.6) is 17.6 Å². The fourth-order valence-electron chi connectivity index (χ4n) is 3.48. The van der Waals surface area contributed by atoms with Gasteiger partial charge in [-0.05, 0) is 18.9 Å². The first-order valence-corrected chi connectivity index (χ1v) is 11.1. The Bertz CT molecular complexity index is 1240. The lowest BCUT2D eigenvalue weighted by Crippen LogP contribution is -2.11. The molecule has 0 aromatic carbocycles. The van der Waals surface area contributed by atoms with Crippen molar-refractivity contribution in [2.45, 2.75) is 26.9 Å². The summed E-state index contributed by atoms with van der Waals surface area (Å²) in [5, 5.41) is 12.7. The summed E-state index contributed by atoms with van der Waals surface area (Å²) in [5.74, 6) is 2.84. The Morgan fingerprint density at radius 1 is 0.889 bits per heavy atom. The summed E-state index contributed by atoms with van der Waals surface area (Å²) in [6, 6.07) is 1.85. The minimum absolute atomic E-state index is 0. The molecule has 0 N–H and O–H groups in total. The Hall–Kier alpha value is -4.13. The van der Waals surface area contributed by atoms with Crippen molar-refractivity contribution in [3.8, 4) is 34.8 Å². The molecule has 0 aliphatic rings. The van der Waals surface area contributed by atoms with Crippen LogP contribution in [-0.4, -0.2) is 72.9 Å². The van der Waals surface area contributed by atoms with Gasteiger partial charge in [-0.15, -0.1) is 10.2 Å². The number of rotatable bonds is 8. The van der Waals surface area contributed by atoms with Gasteiger partial charge in [0, 0.05) is 21.8 Å². The van der Waals surface area contributed by atoms with Crippen molar-refractivity contribution >= 4 is 0 Å². The van der Waals surface area contributed by atoms with Crippen molar-refractivity contribution in [3.63, 3.8) is 0 Å². The molecular formula is C23H33N9O4. The van der Waals surface area contributed by atoms with E-state index in [1.54, 1.807) is 35.9 Å². The standard InChI is InChI=1S/C13H15N7O2.C10H16N2O2.H2/c1-8-16-17-11(9-5-6-19(2)18-9)20(8)10-12(21-3)14-7-15-13(10)22-4;1-7(2)10(14-4)8-5-12-9(13-3)6-11-8;/h5-7H,1-4H3;5-7,10H,1-4H3;1H/t;10-;/m.0./s1. The van der Waals surface area contributed by atoms with E-state index in [0.29, 0.717) is 46.6 Å². The normalized spacial score (nSPS) is 11.6. The van der Waals surface area contributed by atoms with E-state index in [2.05, 4.69) is 49.1 Å². The molecule has 0 radical (unpaired) electrons. The molecule has 0 aliphatic carbocycles. The number of hydrogen-bond donors (Lipinski definition) is 0. The van der Waals surface area contributed by atoms with Crippen molar-refractivity contribution in [3.05, 3.63) is 42.5 Å². The van der Waals surface area contributed by atoms with E-state index in [1.165, 1.54) is 20.5 Å². The van der Waals surface area contributed by atoms with Crippen LogP contribution in [0.2, 0.25) is 0 Å². The molecule has 0 saturated carbocycles. The molecule has 194 valence electrons. The topological polar surface area (TPSA) is 137 Å². The highest BCUT2D eigenvalue weighted by Gasteiger charge is 2.23. The predicted octanol–water partition coefficient (Wildman–Crippen LogP) is 2.86. The van der Waals surface area contributed by atoms with Gasteiger partial charge in [-0.25, -0.2) is 4.98 Å². The summed E-state index contributed by atoms with van der Waals surface area (Å²) < 4.78 is 24.4. The zero-order valence-electron chi connectivity index (χ0n) is 21.7. The number of aryl methyl sites for hydroxylation is 2. The molecule has 0 spiro atoms. The van der Waals surface area contributed by atoms with Crippen LogP contribution in [0.1, 0.15) is 32.9 Å². The average Bonchev–Trinajstić information content (AvgIpc) is 3.49.